The minimum atomic E-state index is -0.693. The average molecular weight is 266 g/mol. The van der Waals surface area contributed by atoms with Gasteiger partial charge in [-0.1, -0.05) is 0 Å². The van der Waals surface area contributed by atoms with Crippen LogP contribution in [0.5, 0.6) is 0 Å². The third-order valence-electron chi connectivity index (χ3n) is 3.70. The highest BCUT2D eigenvalue weighted by Crippen LogP contribution is 2.42. The number of aliphatic imine (C=N–C) groups is 1. The molecule has 0 aliphatic carbocycles. The van der Waals surface area contributed by atoms with Crippen molar-refractivity contribution in [1.82, 2.24) is 14.5 Å². The number of fused-ring (bicyclic) bond motifs is 1. The van der Waals surface area contributed by atoms with Crippen molar-refractivity contribution in [2.45, 2.75) is 24.9 Å². The molecule has 0 saturated carbocycles. The monoisotopic (exact) mass is 266 g/mol. The standard InChI is InChI=1S/C11H16N5O3/c1-16(8-2-6(18)7(3-17)19-8)5-15-9-10(12)13-4-14-11(9)16/h4-8,17-18H,2-3H2,1H3,(H2,12,13,14)/q+1/t6-,7+,8+,16?/m0/s1. The van der Waals surface area contributed by atoms with Crippen molar-refractivity contribution in [2.24, 2.45) is 4.99 Å². The summed E-state index contributed by atoms with van der Waals surface area (Å²) in [6.45, 7) is -0.215. The van der Waals surface area contributed by atoms with E-state index in [4.69, 9.17) is 15.6 Å². The van der Waals surface area contributed by atoms with Gasteiger partial charge in [-0.2, -0.15) is 9.98 Å². The van der Waals surface area contributed by atoms with Gasteiger partial charge in [-0.05, 0) is 0 Å². The molecule has 1 aromatic heterocycles. The lowest BCUT2D eigenvalue weighted by atomic mass is 10.2. The first-order valence-corrected chi connectivity index (χ1v) is 6.03. The smallest absolute Gasteiger partial charge is 0.267 e. The predicted molar refractivity (Wildman–Crippen MR) is 68.7 cm³/mol. The molecule has 4 N–H and O–H groups in total. The van der Waals surface area contributed by atoms with Gasteiger partial charge >= 0.3 is 0 Å². The van der Waals surface area contributed by atoms with E-state index < -0.39 is 12.2 Å². The predicted octanol–water partition coefficient (Wildman–Crippen LogP) is -0.863. The molecule has 3 rings (SSSR count). The van der Waals surface area contributed by atoms with Crippen LogP contribution in [-0.4, -0.2) is 58.6 Å². The van der Waals surface area contributed by atoms with Crippen LogP contribution in [0.2, 0.25) is 0 Å². The fourth-order valence-corrected chi connectivity index (χ4v) is 2.52. The number of aliphatic hydroxyl groups excluding tert-OH is 2. The molecule has 1 aromatic rings. The lowest BCUT2D eigenvalue weighted by Crippen LogP contribution is -2.51. The van der Waals surface area contributed by atoms with Gasteiger partial charge in [-0.3, -0.25) is 0 Å². The summed E-state index contributed by atoms with van der Waals surface area (Å²) in [5.41, 5.74) is 6.30. The quantitative estimate of drug-likeness (QED) is 0.600. The third-order valence-corrected chi connectivity index (χ3v) is 3.70. The normalized spacial score (nSPS) is 36.7. The van der Waals surface area contributed by atoms with E-state index >= 15 is 0 Å². The number of nitrogens with zero attached hydrogens (tertiary/aromatic N) is 4. The Bertz CT molecular complexity index is 537. The second kappa shape index (κ2) is 4.20. The van der Waals surface area contributed by atoms with E-state index in [1.807, 2.05) is 7.05 Å². The number of hydrogen-bond acceptors (Lipinski definition) is 7. The van der Waals surface area contributed by atoms with Crippen LogP contribution in [-0.2, 0) is 4.74 Å². The summed E-state index contributed by atoms with van der Waals surface area (Å²) in [4.78, 5) is 12.4. The van der Waals surface area contributed by atoms with Gasteiger partial charge in [0.15, 0.2) is 17.8 Å². The van der Waals surface area contributed by atoms with E-state index in [0.29, 0.717) is 23.7 Å². The highest BCUT2D eigenvalue weighted by molar-refractivity contribution is 5.90. The Morgan fingerprint density at radius 1 is 1.53 bits per heavy atom. The van der Waals surface area contributed by atoms with Gasteiger partial charge < -0.3 is 20.7 Å². The van der Waals surface area contributed by atoms with E-state index in [1.54, 1.807) is 6.34 Å². The number of ether oxygens (including phenoxy) is 1. The van der Waals surface area contributed by atoms with E-state index in [-0.39, 0.29) is 17.3 Å². The first-order valence-electron chi connectivity index (χ1n) is 6.03. The zero-order chi connectivity index (χ0) is 13.6. The zero-order valence-corrected chi connectivity index (χ0v) is 10.5. The summed E-state index contributed by atoms with van der Waals surface area (Å²) in [7, 11) is 1.87. The fraction of sp³-hybridized carbons (Fsp3) is 0.545. The van der Waals surface area contributed by atoms with Crippen LogP contribution in [0.1, 0.15) is 6.42 Å². The first-order chi connectivity index (χ1) is 9.06. The Hall–Kier alpha value is -1.61. The Balaban J connectivity index is 1.96. The third kappa shape index (κ3) is 1.72. The van der Waals surface area contributed by atoms with Gasteiger partial charge in [0, 0.05) is 0 Å². The summed E-state index contributed by atoms with van der Waals surface area (Å²) >= 11 is 0. The molecule has 0 bridgehead atoms. The Morgan fingerprint density at radius 3 is 3.00 bits per heavy atom. The number of aromatic nitrogens is 2. The molecule has 0 aromatic carbocycles. The summed E-state index contributed by atoms with van der Waals surface area (Å²) in [5, 5.41) is 19.0. The topological polar surface area (TPSA) is 114 Å². The molecule has 3 heterocycles. The molecule has 8 nitrogen and oxygen atoms in total. The second-order valence-corrected chi connectivity index (χ2v) is 4.94. The molecule has 1 unspecified atom stereocenters. The summed E-state index contributed by atoms with van der Waals surface area (Å²) in [6.07, 6.45) is 1.84. The zero-order valence-electron chi connectivity index (χ0n) is 10.5. The van der Waals surface area contributed by atoms with Crippen LogP contribution >= 0.6 is 0 Å². The van der Waals surface area contributed by atoms with Gasteiger partial charge in [-0.15, -0.1) is 0 Å². The largest absolute Gasteiger partial charge is 0.394 e. The molecule has 1 saturated heterocycles. The lowest BCUT2D eigenvalue weighted by Gasteiger charge is -2.30. The Labute approximate surface area is 109 Å². The van der Waals surface area contributed by atoms with Gasteiger partial charge in [0.2, 0.25) is 6.23 Å². The second-order valence-electron chi connectivity index (χ2n) is 4.94. The van der Waals surface area contributed by atoms with Crippen molar-refractivity contribution in [3.8, 4) is 0 Å². The summed E-state index contributed by atoms with van der Waals surface area (Å²) < 4.78 is 5.88. The highest BCUT2D eigenvalue weighted by atomic mass is 16.5. The fourth-order valence-electron chi connectivity index (χ4n) is 2.52. The van der Waals surface area contributed by atoms with Crippen LogP contribution in [0.25, 0.3) is 0 Å². The van der Waals surface area contributed by atoms with E-state index in [2.05, 4.69) is 15.0 Å². The first kappa shape index (κ1) is 12.4. The molecular formula is C11H16N5O3+. The minimum Gasteiger partial charge on any atom is -0.394 e. The van der Waals surface area contributed by atoms with Crippen LogP contribution in [0, 0.1) is 0 Å². The number of aliphatic hydroxyl groups is 2. The van der Waals surface area contributed by atoms with Crippen molar-refractivity contribution in [3.05, 3.63) is 6.33 Å². The van der Waals surface area contributed by atoms with Crippen molar-refractivity contribution >= 4 is 23.7 Å². The maximum absolute atomic E-state index is 9.84. The molecule has 102 valence electrons. The van der Waals surface area contributed by atoms with E-state index in [9.17, 15) is 5.11 Å². The van der Waals surface area contributed by atoms with E-state index in [1.165, 1.54) is 6.33 Å². The van der Waals surface area contributed by atoms with Gasteiger partial charge in [0.1, 0.15) is 12.4 Å². The van der Waals surface area contributed by atoms with Crippen LogP contribution in [0.15, 0.2) is 11.3 Å². The number of nitrogens with two attached hydrogens (primary N) is 1. The van der Waals surface area contributed by atoms with Crippen molar-refractivity contribution in [1.29, 1.82) is 0 Å². The molecule has 8 heteroatoms. The van der Waals surface area contributed by atoms with Crippen molar-refractivity contribution < 1.29 is 14.9 Å². The van der Waals surface area contributed by atoms with Crippen molar-refractivity contribution in [2.75, 3.05) is 19.4 Å². The number of anilines is 1. The molecule has 0 spiro atoms. The van der Waals surface area contributed by atoms with Gasteiger partial charge in [0.25, 0.3) is 5.82 Å². The number of nitrogen functional groups attached to an aromatic ring is 1. The van der Waals surface area contributed by atoms with Crippen LogP contribution in [0.4, 0.5) is 17.3 Å². The minimum absolute atomic E-state index is 0.190. The molecule has 19 heavy (non-hydrogen) atoms. The van der Waals surface area contributed by atoms with E-state index in [0.717, 1.165) is 0 Å². The van der Waals surface area contributed by atoms with Crippen LogP contribution in [0.3, 0.4) is 0 Å². The summed E-state index contributed by atoms with van der Waals surface area (Å²) in [6, 6.07) is 0. The molecular weight excluding hydrogens is 250 g/mol. The number of rotatable bonds is 2. The average Bonchev–Trinajstić information content (AvgIpc) is 2.93. The molecule has 0 amide bonds. The SMILES string of the molecule is C[N+]1([C@H]2C[C@H](O)[C@@H](CO)O2)C=Nc2c(N)ncnc21. The molecule has 1 fully saturated rings. The number of hydrogen-bond donors (Lipinski definition) is 3. The maximum Gasteiger partial charge on any atom is 0.267 e. The lowest BCUT2D eigenvalue weighted by molar-refractivity contribution is -0.0498. The van der Waals surface area contributed by atoms with Crippen LogP contribution < -0.4 is 10.2 Å². The van der Waals surface area contributed by atoms with Gasteiger partial charge in [0.05, 0.1) is 26.2 Å². The molecule has 2 aliphatic heterocycles. The Kier molecular flexibility index (Phi) is 2.75. The molecule has 0 radical (unpaired) electrons. The van der Waals surface area contributed by atoms with Gasteiger partial charge in [-0.25, -0.2) is 9.47 Å². The highest BCUT2D eigenvalue weighted by Gasteiger charge is 2.49. The molecule has 4 atom stereocenters. The number of quaternary nitrogens is 1. The maximum atomic E-state index is 9.84. The Morgan fingerprint density at radius 2 is 2.32 bits per heavy atom. The summed E-state index contributed by atoms with van der Waals surface area (Å²) in [5.74, 6) is 0.962. The van der Waals surface area contributed by atoms with Crippen molar-refractivity contribution in [3.63, 3.8) is 0 Å². The molecule has 2 aliphatic rings.